The van der Waals surface area contributed by atoms with Gasteiger partial charge in [0.15, 0.2) is 0 Å². The molecular formula is C20H24N2O2S. The van der Waals surface area contributed by atoms with Gasteiger partial charge in [-0.15, -0.1) is 11.8 Å². The minimum absolute atomic E-state index is 0.0686. The van der Waals surface area contributed by atoms with Crippen molar-refractivity contribution in [1.82, 2.24) is 9.55 Å². The number of nitrogens with zero attached hydrogens (tertiary/aromatic N) is 2. The maximum absolute atomic E-state index is 11.8. The molecule has 1 unspecified atom stereocenters. The zero-order valence-corrected chi connectivity index (χ0v) is 15.4. The molecule has 4 nitrogen and oxygen atoms in total. The number of hydrogen-bond donors (Lipinski definition) is 1. The number of aromatic nitrogens is 2. The minimum atomic E-state index is -0.888. The van der Waals surface area contributed by atoms with Gasteiger partial charge in [-0.2, -0.15) is 0 Å². The van der Waals surface area contributed by atoms with Gasteiger partial charge in [-0.1, -0.05) is 44.4 Å². The molecule has 1 aromatic heterocycles. The monoisotopic (exact) mass is 356 g/mol. The fourth-order valence-electron chi connectivity index (χ4n) is 4.49. The first-order chi connectivity index (χ1) is 12.1. The average molecular weight is 356 g/mol. The molecule has 0 bridgehead atoms. The molecule has 25 heavy (non-hydrogen) atoms. The molecule has 0 saturated heterocycles. The highest BCUT2D eigenvalue weighted by atomic mass is 32.2. The van der Waals surface area contributed by atoms with Crippen LogP contribution in [0.5, 0.6) is 0 Å². The molecule has 2 aromatic rings. The number of benzene rings is 1. The van der Waals surface area contributed by atoms with E-state index in [9.17, 15) is 9.90 Å². The van der Waals surface area contributed by atoms with Crippen molar-refractivity contribution in [2.75, 3.05) is 0 Å². The second kappa shape index (κ2) is 6.52. The van der Waals surface area contributed by atoms with Gasteiger partial charge >= 0.3 is 5.97 Å². The number of fused-ring (bicyclic) bond motifs is 1. The van der Waals surface area contributed by atoms with Crippen LogP contribution in [0.1, 0.15) is 73.4 Å². The fraction of sp³-hybridized carbons (Fsp3) is 0.500. The van der Waals surface area contributed by atoms with E-state index in [4.69, 9.17) is 0 Å². The van der Waals surface area contributed by atoms with E-state index in [1.165, 1.54) is 48.8 Å². The van der Waals surface area contributed by atoms with E-state index in [0.717, 1.165) is 18.7 Å². The minimum Gasteiger partial charge on any atom is -0.477 e. The van der Waals surface area contributed by atoms with E-state index in [0.29, 0.717) is 5.69 Å². The molecular weight excluding hydrogens is 332 g/mol. The van der Waals surface area contributed by atoms with Gasteiger partial charge in [-0.25, -0.2) is 9.78 Å². The zero-order chi connectivity index (χ0) is 17.4. The lowest BCUT2D eigenvalue weighted by atomic mass is 9.81. The Kier molecular flexibility index (Phi) is 4.36. The number of hydrogen-bond acceptors (Lipinski definition) is 3. The number of rotatable bonds is 3. The number of aromatic carboxylic acids is 1. The molecule has 5 heteroatoms. The molecule has 0 radical (unpaired) electrons. The lowest BCUT2D eigenvalue weighted by Crippen LogP contribution is -2.36. The van der Waals surface area contributed by atoms with E-state index in [1.54, 1.807) is 0 Å². The summed E-state index contributed by atoms with van der Waals surface area (Å²) < 4.78 is 2.24. The molecule has 132 valence electrons. The molecule has 1 aromatic carbocycles. The topological polar surface area (TPSA) is 55.1 Å². The summed E-state index contributed by atoms with van der Waals surface area (Å²) in [5, 5.41) is 9.69. The van der Waals surface area contributed by atoms with Crippen LogP contribution < -0.4 is 0 Å². The Morgan fingerprint density at radius 3 is 2.80 bits per heavy atom. The molecule has 1 saturated carbocycles. The standard InChI is InChI=1S/C20H24N2O2S/c1-2-18-21-13-16(19(23)24)22(18)15-12-20(10-6-3-7-11-20)25-17-9-5-4-8-14(15)17/h4-5,8-9,13,15H,2-3,6-7,10-12H2,1H3,(H,23,24). The van der Waals surface area contributed by atoms with Crippen molar-refractivity contribution in [1.29, 1.82) is 0 Å². The Morgan fingerprint density at radius 1 is 1.32 bits per heavy atom. The van der Waals surface area contributed by atoms with Gasteiger partial charge < -0.3 is 9.67 Å². The molecule has 2 heterocycles. The van der Waals surface area contributed by atoms with E-state index < -0.39 is 5.97 Å². The highest BCUT2D eigenvalue weighted by molar-refractivity contribution is 8.00. The average Bonchev–Trinajstić information content (AvgIpc) is 3.06. The molecule has 1 fully saturated rings. The molecule has 4 rings (SSSR count). The van der Waals surface area contributed by atoms with Crippen LogP contribution in [-0.4, -0.2) is 25.4 Å². The van der Waals surface area contributed by atoms with Crippen LogP contribution in [0.25, 0.3) is 0 Å². The highest BCUT2D eigenvalue weighted by Gasteiger charge is 2.42. The Morgan fingerprint density at radius 2 is 2.08 bits per heavy atom. The molecule has 1 aliphatic heterocycles. The molecule has 1 spiro atoms. The van der Waals surface area contributed by atoms with Gasteiger partial charge in [0.2, 0.25) is 0 Å². The normalized spacial score (nSPS) is 21.9. The summed E-state index contributed by atoms with van der Waals surface area (Å²) in [4.78, 5) is 17.5. The first-order valence-corrected chi connectivity index (χ1v) is 10.0. The number of imidazole rings is 1. The maximum atomic E-state index is 11.8. The second-order valence-corrected chi connectivity index (χ2v) is 8.70. The number of aryl methyl sites for hydroxylation is 1. The first-order valence-electron chi connectivity index (χ1n) is 9.21. The van der Waals surface area contributed by atoms with Crippen molar-refractivity contribution in [3.63, 3.8) is 0 Å². The third-order valence-corrected chi connectivity index (χ3v) is 7.25. The molecule has 1 N–H and O–H groups in total. The predicted octanol–water partition coefficient (Wildman–Crippen LogP) is 4.93. The van der Waals surface area contributed by atoms with Crippen LogP contribution in [-0.2, 0) is 6.42 Å². The van der Waals surface area contributed by atoms with Gasteiger partial charge in [-0.3, -0.25) is 0 Å². The predicted molar refractivity (Wildman–Crippen MR) is 99.4 cm³/mol. The SMILES string of the molecule is CCc1ncc(C(=O)O)n1C1CC2(CCCCC2)Sc2ccccc21. The van der Waals surface area contributed by atoms with Crippen LogP contribution in [0, 0.1) is 0 Å². The van der Waals surface area contributed by atoms with E-state index >= 15 is 0 Å². The van der Waals surface area contributed by atoms with Gasteiger partial charge in [0.1, 0.15) is 11.5 Å². The number of carboxylic acid groups (broad SMARTS) is 1. The molecule has 1 atom stereocenters. The van der Waals surface area contributed by atoms with Crippen molar-refractivity contribution in [3.05, 3.63) is 47.5 Å². The van der Waals surface area contributed by atoms with E-state index in [-0.39, 0.29) is 10.8 Å². The number of carboxylic acids is 1. The Labute approximate surface area is 152 Å². The zero-order valence-electron chi connectivity index (χ0n) is 14.6. The summed E-state index contributed by atoms with van der Waals surface area (Å²) in [6, 6.07) is 8.59. The van der Waals surface area contributed by atoms with E-state index in [2.05, 4.69) is 29.2 Å². The molecule has 0 amide bonds. The lowest BCUT2D eigenvalue weighted by molar-refractivity contribution is 0.0682. The van der Waals surface area contributed by atoms with E-state index in [1.807, 2.05) is 23.3 Å². The van der Waals surface area contributed by atoms with Crippen LogP contribution in [0.2, 0.25) is 0 Å². The summed E-state index contributed by atoms with van der Waals surface area (Å²) in [5.74, 6) is -0.0179. The van der Waals surface area contributed by atoms with Gasteiger partial charge in [0.25, 0.3) is 0 Å². The largest absolute Gasteiger partial charge is 0.477 e. The summed E-state index contributed by atoms with van der Waals surface area (Å²) >= 11 is 2.03. The van der Waals surface area contributed by atoms with Gasteiger partial charge in [0.05, 0.1) is 12.2 Å². The van der Waals surface area contributed by atoms with Crippen molar-refractivity contribution in [2.24, 2.45) is 0 Å². The van der Waals surface area contributed by atoms with Gasteiger partial charge in [-0.05, 0) is 30.9 Å². The number of carbonyl (C=O) groups is 1. The highest BCUT2D eigenvalue weighted by Crippen LogP contribution is 2.55. The van der Waals surface area contributed by atoms with Gasteiger partial charge in [0, 0.05) is 16.1 Å². The number of thioether (sulfide) groups is 1. The summed E-state index contributed by atoms with van der Waals surface area (Å²) in [7, 11) is 0. The van der Waals surface area contributed by atoms with Crippen molar-refractivity contribution >= 4 is 17.7 Å². The fourth-order valence-corrected chi connectivity index (χ4v) is 6.15. The maximum Gasteiger partial charge on any atom is 0.354 e. The Bertz CT molecular complexity index is 793. The quantitative estimate of drug-likeness (QED) is 0.847. The van der Waals surface area contributed by atoms with Crippen molar-refractivity contribution < 1.29 is 9.90 Å². The summed E-state index contributed by atoms with van der Waals surface area (Å²) in [5.41, 5.74) is 1.56. The smallest absolute Gasteiger partial charge is 0.354 e. The second-order valence-electron chi connectivity index (χ2n) is 7.19. The molecule has 2 aliphatic rings. The van der Waals surface area contributed by atoms with Crippen molar-refractivity contribution in [2.45, 2.75) is 67.6 Å². The Balaban J connectivity index is 1.86. The van der Waals surface area contributed by atoms with Crippen molar-refractivity contribution in [3.8, 4) is 0 Å². The van der Waals surface area contributed by atoms with Crippen LogP contribution >= 0.6 is 11.8 Å². The van der Waals surface area contributed by atoms with Crippen LogP contribution in [0.4, 0.5) is 0 Å². The third kappa shape index (κ3) is 2.88. The lowest BCUT2D eigenvalue weighted by Gasteiger charge is -2.44. The molecule has 1 aliphatic carbocycles. The summed E-state index contributed by atoms with van der Waals surface area (Å²) in [6.07, 6.45) is 9.59. The van der Waals surface area contributed by atoms with Crippen LogP contribution in [0.3, 0.4) is 0 Å². The van der Waals surface area contributed by atoms with Crippen LogP contribution in [0.15, 0.2) is 35.4 Å². The Hall–Kier alpha value is -1.75. The first kappa shape index (κ1) is 16.7. The summed E-state index contributed by atoms with van der Waals surface area (Å²) in [6.45, 7) is 2.05. The third-order valence-electron chi connectivity index (χ3n) is 5.66.